The molecule has 138 valence electrons. The van der Waals surface area contributed by atoms with Crippen LogP contribution < -0.4 is 0 Å². The highest BCUT2D eigenvalue weighted by molar-refractivity contribution is 5.76. The monoisotopic (exact) mass is 354 g/mol. The summed E-state index contributed by atoms with van der Waals surface area (Å²) >= 11 is 0. The zero-order chi connectivity index (χ0) is 18.5. The normalized spacial score (nSPS) is 16.7. The molecule has 2 aromatic rings. The van der Waals surface area contributed by atoms with Crippen molar-refractivity contribution in [2.24, 2.45) is 5.92 Å². The van der Waals surface area contributed by atoms with Gasteiger partial charge in [-0.3, -0.25) is 9.69 Å². The highest BCUT2D eigenvalue weighted by Crippen LogP contribution is 2.29. The van der Waals surface area contributed by atoms with E-state index in [-0.39, 0.29) is 17.8 Å². The van der Waals surface area contributed by atoms with Crippen LogP contribution in [-0.2, 0) is 4.79 Å². The summed E-state index contributed by atoms with van der Waals surface area (Å²) in [5.41, 5.74) is 2.28. The van der Waals surface area contributed by atoms with Crippen molar-refractivity contribution in [2.45, 2.75) is 26.3 Å². The van der Waals surface area contributed by atoms with E-state index in [1.807, 2.05) is 35.2 Å². The summed E-state index contributed by atoms with van der Waals surface area (Å²) in [6, 6.07) is 17.2. The molecule has 26 heavy (non-hydrogen) atoms. The van der Waals surface area contributed by atoms with Crippen LogP contribution in [0.15, 0.2) is 54.6 Å². The number of carbonyl (C=O) groups excluding carboxylic acids is 1. The lowest BCUT2D eigenvalue weighted by Crippen LogP contribution is -2.50. The lowest BCUT2D eigenvalue weighted by molar-refractivity contribution is -0.133. The highest BCUT2D eigenvalue weighted by Gasteiger charge is 2.28. The number of nitrogens with zero attached hydrogens (tertiary/aromatic N) is 2. The lowest BCUT2D eigenvalue weighted by Gasteiger charge is -2.40. The Bertz CT molecular complexity index is 707. The van der Waals surface area contributed by atoms with Crippen LogP contribution in [0.25, 0.3) is 0 Å². The van der Waals surface area contributed by atoms with Crippen molar-refractivity contribution >= 4 is 5.91 Å². The van der Waals surface area contributed by atoms with E-state index in [1.54, 1.807) is 0 Å². The van der Waals surface area contributed by atoms with E-state index in [4.69, 9.17) is 0 Å². The summed E-state index contributed by atoms with van der Waals surface area (Å²) in [6.07, 6.45) is 0.611. The Kier molecular flexibility index (Phi) is 6.04. The second-order valence-electron chi connectivity index (χ2n) is 7.38. The molecule has 0 aromatic heterocycles. The topological polar surface area (TPSA) is 23.6 Å². The lowest BCUT2D eigenvalue weighted by atomic mass is 9.96. The van der Waals surface area contributed by atoms with Gasteiger partial charge < -0.3 is 4.90 Å². The maximum Gasteiger partial charge on any atom is 0.222 e. The molecule has 0 unspecified atom stereocenters. The van der Waals surface area contributed by atoms with E-state index in [2.05, 4.69) is 30.9 Å². The van der Waals surface area contributed by atoms with E-state index in [1.165, 1.54) is 17.7 Å². The summed E-state index contributed by atoms with van der Waals surface area (Å²) in [7, 11) is 0. The van der Waals surface area contributed by atoms with E-state index < -0.39 is 0 Å². The summed E-state index contributed by atoms with van der Waals surface area (Å²) < 4.78 is 13.4. The molecule has 0 saturated carbocycles. The Hall–Kier alpha value is -2.20. The third-order valence-corrected chi connectivity index (χ3v) is 4.92. The molecule has 2 aromatic carbocycles. The van der Waals surface area contributed by atoms with E-state index in [0.717, 1.165) is 31.7 Å². The third-order valence-electron chi connectivity index (χ3n) is 4.92. The number of piperazine rings is 1. The van der Waals surface area contributed by atoms with Crippen LogP contribution in [0.3, 0.4) is 0 Å². The summed E-state index contributed by atoms with van der Waals surface area (Å²) in [6.45, 7) is 7.29. The van der Waals surface area contributed by atoms with Crippen LogP contribution in [0.4, 0.5) is 4.39 Å². The number of hydrogen-bond acceptors (Lipinski definition) is 2. The van der Waals surface area contributed by atoms with Crippen LogP contribution in [0, 0.1) is 11.7 Å². The molecule has 4 heteroatoms. The van der Waals surface area contributed by atoms with Crippen molar-refractivity contribution in [1.82, 2.24) is 9.80 Å². The van der Waals surface area contributed by atoms with Crippen molar-refractivity contribution in [1.29, 1.82) is 0 Å². The molecule has 0 N–H and O–H groups in total. The predicted molar refractivity (Wildman–Crippen MR) is 102 cm³/mol. The van der Waals surface area contributed by atoms with Crippen LogP contribution in [0.2, 0.25) is 0 Å². The molecule has 3 rings (SSSR count). The first-order valence-electron chi connectivity index (χ1n) is 9.37. The summed E-state index contributed by atoms with van der Waals surface area (Å²) in [5, 5.41) is 0. The maximum absolute atomic E-state index is 13.4. The molecular weight excluding hydrogens is 327 g/mol. The molecule has 1 heterocycles. The molecule has 3 nitrogen and oxygen atoms in total. The number of halogens is 1. The summed E-state index contributed by atoms with van der Waals surface area (Å²) in [5.74, 6) is 0.416. The average Bonchev–Trinajstić information content (AvgIpc) is 2.64. The van der Waals surface area contributed by atoms with Crippen LogP contribution >= 0.6 is 0 Å². The van der Waals surface area contributed by atoms with Gasteiger partial charge >= 0.3 is 0 Å². The first-order valence-corrected chi connectivity index (χ1v) is 9.37. The van der Waals surface area contributed by atoms with Crippen molar-refractivity contribution in [3.8, 4) is 0 Å². The third kappa shape index (κ3) is 4.50. The first-order chi connectivity index (χ1) is 12.5. The summed E-state index contributed by atoms with van der Waals surface area (Å²) in [4.78, 5) is 16.7. The van der Waals surface area contributed by atoms with Gasteiger partial charge in [0.2, 0.25) is 5.91 Å². The zero-order valence-corrected chi connectivity index (χ0v) is 15.6. The van der Waals surface area contributed by atoms with Crippen molar-refractivity contribution < 1.29 is 9.18 Å². The fourth-order valence-electron chi connectivity index (χ4n) is 3.60. The Morgan fingerprint density at radius 1 is 0.923 bits per heavy atom. The number of benzene rings is 2. The van der Waals surface area contributed by atoms with Crippen molar-refractivity contribution in [3.05, 3.63) is 71.5 Å². The van der Waals surface area contributed by atoms with Gasteiger partial charge in [0.25, 0.3) is 0 Å². The molecule has 1 aliphatic heterocycles. The Balaban J connectivity index is 1.77. The predicted octanol–water partition coefficient (Wildman–Crippen LogP) is 4.11. The van der Waals surface area contributed by atoms with Gasteiger partial charge in [-0.2, -0.15) is 0 Å². The largest absolute Gasteiger partial charge is 0.340 e. The Morgan fingerprint density at radius 3 is 2.08 bits per heavy atom. The minimum atomic E-state index is -0.218. The van der Waals surface area contributed by atoms with Crippen LogP contribution in [0.5, 0.6) is 0 Å². The van der Waals surface area contributed by atoms with Gasteiger partial charge in [-0.1, -0.05) is 56.3 Å². The van der Waals surface area contributed by atoms with Crippen molar-refractivity contribution in [3.63, 3.8) is 0 Å². The van der Waals surface area contributed by atoms with E-state index in [0.29, 0.717) is 12.3 Å². The minimum absolute atomic E-state index is 0.0825. The molecular formula is C22H27FN2O. The van der Waals surface area contributed by atoms with Gasteiger partial charge in [-0.25, -0.2) is 4.39 Å². The second kappa shape index (κ2) is 8.45. The minimum Gasteiger partial charge on any atom is -0.340 e. The number of amides is 1. The van der Waals surface area contributed by atoms with E-state index >= 15 is 0 Å². The van der Waals surface area contributed by atoms with Gasteiger partial charge in [0.15, 0.2) is 0 Å². The maximum atomic E-state index is 13.4. The SMILES string of the molecule is CC(C)CC(=O)N1CCN([C@@H](c2ccccc2)c2ccc(F)cc2)CC1. The fourth-order valence-corrected chi connectivity index (χ4v) is 3.60. The number of hydrogen-bond donors (Lipinski definition) is 0. The first kappa shape index (κ1) is 18.6. The number of carbonyl (C=O) groups is 1. The molecule has 1 saturated heterocycles. The molecule has 0 radical (unpaired) electrons. The fraction of sp³-hybridized carbons (Fsp3) is 0.409. The molecule has 1 atom stereocenters. The van der Waals surface area contributed by atoms with E-state index in [9.17, 15) is 9.18 Å². The highest BCUT2D eigenvalue weighted by atomic mass is 19.1. The van der Waals surface area contributed by atoms with Crippen molar-refractivity contribution in [2.75, 3.05) is 26.2 Å². The van der Waals surface area contributed by atoms with Crippen LogP contribution in [-0.4, -0.2) is 41.9 Å². The Labute approximate surface area is 155 Å². The standard InChI is InChI=1S/C22H27FN2O/c1-17(2)16-21(26)24-12-14-25(15-13-24)22(18-6-4-3-5-7-18)19-8-10-20(23)11-9-19/h3-11,17,22H,12-16H2,1-2H3/t22-/m0/s1. The van der Waals surface area contributed by atoms with Gasteiger partial charge in [-0.15, -0.1) is 0 Å². The average molecular weight is 354 g/mol. The molecule has 0 bridgehead atoms. The van der Waals surface area contributed by atoms with Gasteiger partial charge in [0.05, 0.1) is 6.04 Å². The van der Waals surface area contributed by atoms with Gasteiger partial charge in [0.1, 0.15) is 5.82 Å². The zero-order valence-electron chi connectivity index (χ0n) is 15.6. The molecule has 0 spiro atoms. The molecule has 1 fully saturated rings. The molecule has 1 amide bonds. The Morgan fingerprint density at radius 2 is 1.50 bits per heavy atom. The molecule has 0 aliphatic carbocycles. The second-order valence-corrected chi connectivity index (χ2v) is 7.38. The quantitative estimate of drug-likeness (QED) is 0.807. The smallest absolute Gasteiger partial charge is 0.222 e. The van der Waals surface area contributed by atoms with Crippen LogP contribution in [0.1, 0.15) is 37.4 Å². The van der Waals surface area contributed by atoms with Gasteiger partial charge in [0, 0.05) is 32.6 Å². The van der Waals surface area contributed by atoms with Gasteiger partial charge in [-0.05, 0) is 29.2 Å². The molecule has 1 aliphatic rings. The number of rotatable bonds is 5.